The lowest BCUT2D eigenvalue weighted by Gasteiger charge is -2.20. The Hall–Kier alpha value is -1.94. The van der Waals surface area contributed by atoms with Gasteiger partial charge in [-0.1, -0.05) is 45.1 Å². The highest BCUT2D eigenvalue weighted by atomic mass is 32.1. The van der Waals surface area contributed by atoms with Crippen LogP contribution in [0.15, 0.2) is 42.7 Å². The van der Waals surface area contributed by atoms with Crippen LogP contribution in [0, 0.1) is 0 Å². The Morgan fingerprint density at radius 3 is 2.65 bits per heavy atom. The molecule has 3 nitrogen and oxygen atoms in total. The first-order chi connectivity index (χ1) is 9.38. The third kappa shape index (κ3) is 3.33. The van der Waals surface area contributed by atoms with Crippen molar-refractivity contribution < 1.29 is 4.74 Å². The van der Waals surface area contributed by atoms with Gasteiger partial charge in [0, 0.05) is 6.20 Å². The molecule has 2 rings (SSSR count). The van der Waals surface area contributed by atoms with E-state index in [-0.39, 0.29) is 5.41 Å². The predicted octanol–water partition coefficient (Wildman–Crippen LogP) is 3.81. The Labute approximate surface area is 124 Å². The Bertz CT molecular complexity index is 632. The number of benzene rings is 1. The topological polar surface area (TPSA) is 48.1 Å². The van der Waals surface area contributed by atoms with E-state index in [1.807, 2.05) is 18.2 Å². The molecule has 0 spiro atoms. The van der Waals surface area contributed by atoms with Gasteiger partial charge in [-0.3, -0.25) is 4.98 Å². The molecule has 0 saturated heterocycles. The van der Waals surface area contributed by atoms with Crippen molar-refractivity contribution in [2.24, 2.45) is 5.73 Å². The third-order valence-corrected chi connectivity index (χ3v) is 3.20. The molecule has 0 atom stereocenters. The van der Waals surface area contributed by atoms with Crippen LogP contribution in [0.3, 0.4) is 0 Å². The molecule has 1 heterocycles. The zero-order valence-corrected chi connectivity index (χ0v) is 12.7. The fourth-order valence-corrected chi connectivity index (χ4v) is 1.99. The summed E-state index contributed by atoms with van der Waals surface area (Å²) in [6.07, 6.45) is 3.27. The summed E-state index contributed by atoms with van der Waals surface area (Å²) < 4.78 is 5.88. The van der Waals surface area contributed by atoms with Crippen LogP contribution in [-0.4, -0.2) is 9.97 Å². The van der Waals surface area contributed by atoms with Crippen LogP contribution in [0.25, 0.3) is 0 Å². The lowest BCUT2D eigenvalue weighted by atomic mass is 9.87. The maximum atomic E-state index is 5.88. The zero-order chi connectivity index (χ0) is 14.8. The Morgan fingerprint density at radius 1 is 1.25 bits per heavy atom. The lowest BCUT2D eigenvalue weighted by molar-refractivity contribution is 0.475. The minimum atomic E-state index is 0.0697. The fourth-order valence-electron chi connectivity index (χ4n) is 1.82. The highest BCUT2D eigenvalue weighted by Gasteiger charge is 2.14. The number of hydrogen-bond acceptors (Lipinski definition) is 3. The van der Waals surface area contributed by atoms with Crippen LogP contribution < -0.4 is 10.5 Å². The van der Waals surface area contributed by atoms with E-state index in [2.05, 4.69) is 31.8 Å². The molecule has 0 aliphatic heterocycles. The number of aromatic nitrogens is 1. The molecule has 0 bridgehead atoms. The number of rotatable bonds is 3. The molecule has 4 heteroatoms. The maximum absolute atomic E-state index is 5.88. The first-order valence-electron chi connectivity index (χ1n) is 6.40. The van der Waals surface area contributed by atoms with Crippen molar-refractivity contribution in [3.63, 3.8) is 0 Å². The van der Waals surface area contributed by atoms with Gasteiger partial charge in [0.25, 0.3) is 0 Å². The van der Waals surface area contributed by atoms with Gasteiger partial charge >= 0.3 is 0 Å². The second-order valence-electron chi connectivity index (χ2n) is 5.62. The van der Waals surface area contributed by atoms with Gasteiger partial charge in [-0.25, -0.2) is 0 Å². The summed E-state index contributed by atoms with van der Waals surface area (Å²) in [7, 11) is 0. The highest BCUT2D eigenvalue weighted by Crippen LogP contribution is 2.29. The molecule has 0 amide bonds. The van der Waals surface area contributed by atoms with Gasteiger partial charge in [0.05, 0.1) is 11.8 Å². The summed E-state index contributed by atoms with van der Waals surface area (Å²) in [6.45, 7) is 6.49. The summed E-state index contributed by atoms with van der Waals surface area (Å²) in [5, 5.41) is 0. The number of nitrogens with two attached hydrogens (primary N) is 1. The van der Waals surface area contributed by atoms with E-state index in [9.17, 15) is 0 Å². The molecule has 20 heavy (non-hydrogen) atoms. The minimum Gasteiger partial charge on any atom is -0.455 e. The summed E-state index contributed by atoms with van der Waals surface area (Å²) in [5.41, 5.74) is 7.66. The molecule has 0 fully saturated rings. The van der Waals surface area contributed by atoms with E-state index in [1.165, 1.54) is 5.56 Å². The van der Waals surface area contributed by atoms with Gasteiger partial charge in [0.2, 0.25) is 0 Å². The van der Waals surface area contributed by atoms with Gasteiger partial charge in [0.15, 0.2) is 5.75 Å². The molecule has 0 aliphatic carbocycles. The highest BCUT2D eigenvalue weighted by molar-refractivity contribution is 7.80. The first kappa shape index (κ1) is 14.5. The van der Waals surface area contributed by atoms with E-state index in [1.54, 1.807) is 18.5 Å². The van der Waals surface area contributed by atoms with Crippen LogP contribution in [-0.2, 0) is 5.41 Å². The number of thiocarbonyl (C=S) groups is 1. The van der Waals surface area contributed by atoms with E-state index in [4.69, 9.17) is 22.7 Å². The van der Waals surface area contributed by atoms with Gasteiger partial charge in [-0.15, -0.1) is 0 Å². The van der Waals surface area contributed by atoms with Crippen molar-refractivity contribution in [3.8, 4) is 11.5 Å². The van der Waals surface area contributed by atoms with Crippen LogP contribution >= 0.6 is 12.2 Å². The Morgan fingerprint density at radius 2 is 2.00 bits per heavy atom. The SMILES string of the molecule is CC(C)(C)c1cccc(Oc2cnccc2C(N)=S)c1. The molecular weight excluding hydrogens is 268 g/mol. The van der Waals surface area contributed by atoms with Crippen LogP contribution in [0.2, 0.25) is 0 Å². The summed E-state index contributed by atoms with van der Waals surface area (Å²) in [4.78, 5) is 4.36. The Balaban J connectivity index is 2.34. The number of ether oxygens (including phenoxy) is 1. The van der Waals surface area contributed by atoms with Gasteiger partial charge in [-0.2, -0.15) is 0 Å². The molecule has 0 aliphatic rings. The lowest BCUT2D eigenvalue weighted by Crippen LogP contribution is -2.12. The average Bonchev–Trinajstić information content (AvgIpc) is 2.38. The molecule has 2 N–H and O–H groups in total. The molecule has 104 valence electrons. The first-order valence-corrected chi connectivity index (χ1v) is 6.81. The van der Waals surface area contributed by atoms with Gasteiger partial charge < -0.3 is 10.5 Å². The predicted molar refractivity (Wildman–Crippen MR) is 85.3 cm³/mol. The van der Waals surface area contributed by atoms with Crippen LogP contribution in [0.4, 0.5) is 0 Å². The molecule has 0 unspecified atom stereocenters. The number of nitrogens with zero attached hydrogens (tertiary/aromatic N) is 1. The summed E-state index contributed by atoms with van der Waals surface area (Å²) >= 11 is 5.02. The van der Waals surface area contributed by atoms with Crippen molar-refractivity contribution in [1.29, 1.82) is 0 Å². The zero-order valence-electron chi connectivity index (χ0n) is 11.9. The van der Waals surface area contributed by atoms with Crippen molar-refractivity contribution in [1.82, 2.24) is 4.98 Å². The van der Waals surface area contributed by atoms with E-state index in [0.717, 1.165) is 5.75 Å². The maximum Gasteiger partial charge on any atom is 0.155 e. The monoisotopic (exact) mass is 286 g/mol. The summed E-state index contributed by atoms with van der Waals surface area (Å²) in [5.74, 6) is 1.33. The van der Waals surface area contributed by atoms with Crippen molar-refractivity contribution >= 4 is 17.2 Å². The normalized spacial score (nSPS) is 11.2. The van der Waals surface area contributed by atoms with Crippen molar-refractivity contribution in [2.45, 2.75) is 26.2 Å². The second kappa shape index (κ2) is 5.59. The largest absolute Gasteiger partial charge is 0.455 e. The average molecular weight is 286 g/mol. The molecule has 0 saturated carbocycles. The molecule has 1 aromatic carbocycles. The quantitative estimate of drug-likeness (QED) is 0.872. The molecule has 2 aromatic rings. The van der Waals surface area contributed by atoms with Gasteiger partial charge in [0.1, 0.15) is 10.7 Å². The summed E-state index contributed by atoms with van der Waals surface area (Å²) in [6, 6.07) is 9.75. The molecule has 1 aromatic heterocycles. The van der Waals surface area contributed by atoms with E-state index < -0.39 is 0 Å². The number of hydrogen-bond donors (Lipinski definition) is 1. The molecule has 0 radical (unpaired) electrons. The van der Waals surface area contributed by atoms with Crippen molar-refractivity contribution in [2.75, 3.05) is 0 Å². The van der Waals surface area contributed by atoms with E-state index in [0.29, 0.717) is 16.3 Å². The smallest absolute Gasteiger partial charge is 0.155 e. The van der Waals surface area contributed by atoms with Crippen LogP contribution in [0.1, 0.15) is 31.9 Å². The third-order valence-electron chi connectivity index (χ3n) is 2.98. The fraction of sp³-hybridized carbons (Fsp3) is 0.250. The van der Waals surface area contributed by atoms with Gasteiger partial charge in [-0.05, 0) is 29.2 Å². The number of pyridine rings is 1. The standard InChI is InChI=1S/C16H18N2OS/c1-16(2,3)11-5-4-6-12(9-11)19-14-10-18-8-7-13(14)15(17)20/h4-10H,1-3H3,(H2,17,20). The second-order valence-corrected chi connectivity index (χ2v) is 6.06. The Kier molecular flexibility index (Phi) is 4.04. The van der Waals surface area contributed by atoms with Crippen molar-refractivity contribution in [3.05, 3.63) is 53.9 Å². The van der Waals surface area contributed by atoms with E-state index >= 15 is 0 Å². The minimum absolute atomic E-state index is 0.0697. The van der Waals surface area contributed by atoms with Crippen LogP contribution in [0.5, 0.6) is 11.5 Å². The molecular formula is C16H18N2OS.